The van der Waals surface area contributed by atoms with Gasteiger partial charge in [-0.3, -0.25) is 14.6 Å². The molecule has 40 heavy (non-hydrogen) atoms. The van der Waals surface area contributed by atoms with Crippen molar-refractivity contribution in [1.82, 2.24) is 9.80 Å². The van der Waals surface area contributed by atoms with Crippen LogP contribution in [0.5, 0.6) is 5.75 Å². The Kier molecular flexibility index (Phi) is 10.0. The average molecular weight is 540 g/mol. The molecule has 2 heterocycles. The van der Waals surface area contributed by atoms with Crippen LogP contribution in [0, 0.1) is 0 Å². The third-order valence-corrected chi connectivity index (χ3v) is 7.72. The molecule has 1 N–H and O–H groups in total. The Labute approximate surface area is 238 Å². The highest BCUT2D eigenvalue weighted by atomic mass is 16.5. The van der Waals surface area contributed by atoms with E-state index >= 15 is 0 Å². The van der Waals surface area contributed by atoms with Crippen LogP contribution in [0.25, 0.3) is 11.1 Å². The molecule has 2 aliphatic heterocycles. The number of hydrogen-bond donors (Lipinski definition) is 1. The number of hydrogen-bond acceptors (Lipinski definition) is 5. The highest BCUT2D eigenvalue weighted by Crippen LogP contribution is 2.35. The zero-order valence-electron chi connectivity index (χ0n) is 23.6. The summed E-state index contributed by atoms with van der Waals surface area (Å²) >= 11 is 0. The molecular formula is C34H41N3O3. The van der Waals surface area contributed by atoms with E-state index in [0.717, 1.165) is 48.6 Å². The molecule has 0 bridgehead atoms. The van der Waals surface area contributed by atoms with Gasteiger partial charge in [0.15, 0.2) is 0 Å². The summed E-state index contributed by atoms with van der Waals surface area (Å²) in [7, 11) is 0. The van der Waals surface area contributed by atoms with Crippen LogP contribution >= 0.6 is 0 Å². The van der Waals surface area contributed by atoms with Gasteiger partial charge in [0.1, 0.15) is 12.4 Å². The van der Waals surface area contributed by atoms with Crippen LogP contribution in [-0.2, 0) is 9.53 Å². The quantitative estimate of drug-likeness (QED) is 0.312. The van der Waals surface area contributed by atoms with Crippen LogP contribution in [0.4, 0.5) is 5.69 Å². The Balaban J connectivity index is 1.34. The molecule has 3 aromatic carbocycles. The number of allylic oxidation sites excluding steroid dienone is 1. The number of amides is 1. The van der Waals surface area contributed by atoms with Crippen LogP contribution in [-0.4, -0.2) is 74.8 Å². The summed E-state index contributed by atoms with van der Waals surface area (Å²) < 4.78 is 11.5. The fraction of sp³-hybridized carbons (Fsp3) is 0.382. The fourth-order valence-electron chi connectivity index (χ4n) is 5.58. The second kappa shape index (κ2) is 14.3. The number of benzene rings is 3. The van der Waals surface area contributed by atoms with Crippen molar-refractivity contribution in [3.8, 4) is 5.75 Å². The highest BCUT2D eigenvalue weighted by Gasteiger charge is 2.16. The van der Waals surface area contributed by atoms with E-state index in [1.54, 1.807) is 0 Å². The number of carbonyl (C=O) groups is 1. The van der Waals surface area contributed by atoms with E-state index in [0.29, 0.717) is 26.4 Å². The van der Waals surface area contributed by atoms with E-state index in [2.05, 4.69) is 88.8 Å². The minimum absolute atomic E-state index is 0.00395. The Morgan fingerprint density at radius 3 is 2.10 bits per heavy atom. The topological polar surface area (TPSA) is 54.0 Å². The number of anilines is 1. The summed E-state index contributed by atoms with van der Waals surface area (Å²) in [4.78, 5) is 17.2. The van der Waals surface area contributed by atoms with Gasteiger partial charge in [0, 0.05) is 25.3 Å². The van der Waals surface area contributed by atoms with Gasteiger partial charge in [0.2, 0.25) is 5.91 Å². The van der Waals surface area contributed by atoms with Crippen LogP contribution in [0.2, 0.25) is 0 Å². The molecule has 6 nitrogen and oxygen atoms in total. The third kappa shape index (κ3) is 7.60. The van der Waals surface area contributed by atoms with Gasteiger partial charge in [-0.25, -0.2) is 0 Å². The largest absolute Gasteiger partial charge is 0.492 e. The zero-order chi connectivity index (χ0) is 27.6. The molecule has 6 heteroatoms. The van der Waals surface area contributed by atoms with Crippen LogP contribution in [0.15, 0.2) is 78.9 Å². The molecule has 1 amide bonds. The minimum Gasteiger partial charge on any atom is -0.492 e. The summed E-state index contributed by atoms with van der Waals surface area (Å²) in [6.45, 7) is 9.62. The van der Waals surface area contributed by atoms with E-state index in [1.807, 2.05) is 12.1 Å². The molecule has 0 aliphatic carbocycles. The van der Waals surface area contributed by atoms with Crippen molar-refractivity contribution in [3.05, 3.63) is 95.6 Å². The first-order chi connectivity index (χ1) is 19.7. The predicted octanol–water partition coefficient (Wildman–Crippen LogP) is 5.80. The van der Waals surface area contributed by atoms with Crippen molar-refractivity contribution < 1.29 is 14.3 Å². The number of ether oxygens (including phenoxy) is 2. The lowest BCUT2D eigenvalue weighted by Gasteiger charge is -2.25. The summed E-state index contributed by atoms with van der Waals surface area (Å²) in [6, 6.07) is 27.3. The maximum atomic E-state index is 12.6. The van der Waals surface area contributed by atoms with Crippen LogP contribution in [0.3, 0.4) is 0 Å². The van der Waals surface area contributed by atoms with Gasteiger partial charge in [-0.05, 0) is 84.5 Å². The maximum absolute atomic E-state index is 12.6. The summed E-state index contributed by atoms with van der Waals surface area (Å²) in [5.74, 6) is 0.905. The molecule has 2 saturated heterocycles. The Morgan fingerprint density at radius 2 is 1.45 bits per heavy atom. The lowest BCUT2D eigenvalue weighted by atomic mass is 9.88. The van der Waals surface area contributed by atoms with Crippen molar-refractivity contribution in [2.45, 2.75) is 26.2 Å². The fourth-order valence-corrected chi connectivity index (χ4v) is 5.58. The van der Waals surface area contributed by atoms with E-state index < -0.39 is 0 Å². The number of likely N-dealkylation sites (tertiary alicyclic amines) is 1. The van der Waals surface area contributed by atoms with Gasteiger partial charge in [0.25, 0.3) is 0 Å². The van der Waals surface area contributed by atoms with Gasteiger partial charge < -0.3 is 14.8 Å². The van der Waals surface area contributed by atoms with Crippen molar-refractivity contribution >= 4 is 22.7 Å². The number of nitrogens with one attached hydrogen (secondary N) is 1. The lowest BCUT2D eigenvalue weighted by molar-refractivity contribution is -0.118. The summed E-state index contributed by atoms with van der Waals surface area (Å²) in [5, 5.41) is 3.06. The molecule has 210 valence electrons. The monoisotopic (exact) mass is 539 g/mol. The first-order valence-corrected chi connectivity index (χ1v) is 14.6. The molecule has 0 radical (unpaired) electrons. The summed E-state index contributed by atoms with van der Waals surface area (Å²) in [5.41, 5.74) is 6.77. The van der Waals surface area contributed by atoms with E-state index in [4.69, 9.17) is 9.47 Å². The number of carbonyl (C=O) groups excluding carboxylic acids is 1. The van der Waals surface area contributed by atoms with E-state index in [-0.39, 0.29) is 5.91 Å². The van der Waals surface area contributed by atoms with E-state index in [1.165, 1.54) is 42.6 Å². The molecule has 2 aliphatic rings. The SMILES string of the molecule is CC/C(=C(/c1ccc(NC(=O)CN2CCOCC2)cc1)c1ccc(OCCN2CCCC2)cc1)c1ccccc1. The maximum Gasteiger partial charge on any atom is 0.238 e. The molecule has 0 saturated carbocycles. The first-order valence-electron chi connectivity index (χ1n) is 14.6. The lowest BCUT2D eigenvalue weighted by Crippen LogP contribution is -2.41. The Bertz CT molecular complexity index is 1240. The van der Waals surface area contributed by atoms with Gasteiger partial charge in [-0.1, -0.05) is 61.5 Å². The van der Waals surface area contributed by atoms with Crippen LogP contribution in [0.1, 0.15) is 42.9 Å². The molecule has 0 unspecified atom stereocenters. The molecule has 3 aromatic rings. The number of morpholine rings is 1. The standard InChI is InChI=1S/C34H41N3O3/c1-2-32(27-8-4-3-5-9-27)34(29-12-16-31(17-13-29)40-25-22-36-18-6-7-19-36)28-10-14-30(15-11-28)35-33(38)26-37-20-23-39-24-21-37/h3-5,8-17H,2,6-7,18-26H2,1H3,(H,35,38)/b34-32+. The Hall–Kier alpha value is -3.45. The molecule has 0 spiro atoms. The number of rotatable bonds is 11. The molecular weight excluding hydrogens is 498 g/mol. The van der Waals surface area contributed by atoms with Crippen molar-refractivity contribution in [3.63, 3.8) is 0 Å². The normalized spacial score (nSPS) is 16.9. The molecule has 0 aromatic heterocycles. The Morgan fingerprint density at radius 1 is 0.800 bits per heavy atom. The van der Waals surface area contributed by atoms with Crippen molar-refractivity contribution in [2.75, 3.05) is 64.4 Å². The highest BCUT2D eigenvalue weighted by molar-refractivity contribution is 5.99. The molecule has 5 rings (SSSR count). The van der Waals surface area contributed by atoms with Gasteiger partial charge >= 0.3 is 0 Å². The second-order valence-electron chi connectivity index (χ2n) is 10.5. The van der Waals surface area contributed by atoms with Crippen molar-refractivity contribution in [1.29, 1.82) is 0 Å². The van der Waals surface area contributed by atoms with Crippen LogP contribution < -0.4 is 10.1 Å². The van der Waals surface area contributed by atoms with Crippen molar-refractivity contribution in [2.24, 2.45) is 0 Å². The van der Waals surface area contributed by atoms with E-state index in [9.17, 15) is 4.79 Å². The molecule has 0 atom stereocenters. The second-order valence-corrected chi connectivity index (χ2v) is 10.5. The smallest absolute Gasteiger partial charge is 0.238 e. The average Bonchev–Trinajstić information content (AvgIpc) is 3.52. The minimum atomic E-state index is 0.00395. The first kappa shape index (κ1) is 28.1. The summed E-state index contributed by atoms with van der Waals surface area (Å²) in [6.07, 6.45) is 3.49. The zero-order valence-corrected chi connectivity index (χ0v) is 23.6. The molecule has 2 fully saturated rings. The van der Waals surface area contributed by atoms with Gasteiger partial charge in [0.05, 0.1) is 19.8 Å². The predicted molar refractivity (Wildman–Crippen MR) is 163 cm³/mol. The third-order valence-electron chi connectivity index (χ3n) is 7.72. The van der Waals surface area contributed by atoms with Gasteiger partial charge in [-0.15, -0.1) is 0 Å². The number of nitrogens with zero attached hydrogens (tertiary/aromatic N) is 2. The van der Waals surface area contributed by atoms with Gasteiger partial charge in [-0.2, -0.15) is 0 Å².